The number of hydrogen-bond donors (Lipinski definition) is 0. The summed E-state index contributed by atoms with van der Waals surface area (Å²) in [6, 6.07) is 0.0257. The van der Waals surface area contributed by atoms with E-state index in [-0.39, 0.29) is 30.1 Å². The predicted molar refractivity (Wildman–Crippen MR) is 86.2 cm³/mol. The maximum absolute atomic E-state index is 12.3. The van der Waals surface area contributed by atoms with Crippen molar-refractivity contribution >= 4 is 11.9 Å². The van der Waals surface area contributed by atoms with Crippen LogP contribution in [0.15, 0.2) is 0 Å². The molecule has 2 atom stereocenters. The van der Waals surface area contributed by atoms with Crippen molar-refractivity contribution in [3.8, 4) is 0 Å². The fraction of sp³-hybridized carbons (Fsp3) is 0.875. The van der Waals surface area contributed by atoms with E-state index in [1.807, 2.05) is 4.90 Å². The van der Waals surface area contributed by atoms with Gasteiger partial charge in [-0.1, -0.05) is 0 Å². The summed E-state index contributed by atoms with van der Waals surface area (Å²) < 4.78 is 11.7. The molecule has 2 rings (SSSR count). The Morgan fingerprint density at radius 2 is 2.00 bits per heavy atom. The van der Waals surface area contributed by atoms with Crippen molar-refractivity contribution in [3.05, 3.63) is 0 Å². The Labute approximate surface area is 138 Å². The van der Waals surface area contributed by atoms with Crippen LogP contribution in [0.3, 0.4) is 0 Å². The van der Waals surface area contributed by atoms with Gasteiger partial charge < -0.3 is 24.2 Å². The zero-order valence-corrected chi connectivity index (χ0v) is 14.7. The highest BCUT2D eigenvalue weighted by atomic mass is 16.5. The third-order valence-electron chi connectivity index (χ3n) is 4.75. The van der Waals surface area contributed by atoms with Crippen molar-refractivity contribution in [2.24, 2.45) is 5.41 Å². The number of ether oxygens (including phenoxy) is 2. The number of carbonyl (C=O) groups is 2. The largest absolute Gasteiger partial charge is 0.377 e. The van der Waals surface area contributed by atoms with Crippen molar-refractivity contribution in [2.45, 2.75) is 25.4 Å². The van der Waals surface area contributed by atoms with E-state index < -0.39 is 0 Å². The van der Waals surface area contributed by atoms with E-state index in [9.17, 15) is 9.59 Å². The number of rotatable bonds is 4. The molecule has 0 aliphatic carbocycles. The van der Waals surface area contributed by atoms with Gasteiger partial charge in [0.05, 0.1) is 12.7 Å². The second kappa shape index (κ2) is 7.49. The molecular formula is C16H29N3O4. The first-order chi connectivity index (χ1) is 10.9. The molecule has 0 aromatic carbocycles. The number of carbonyl (C=O) groups excluding carboxylic acids is 2. The first kappa shape index (κ1) is 18.0. The number of urea groups is 1. The minimum atomic E-state index is -0.200. The molecule has 2 aliphatic rings. The fourth-order valence-electron chi connectivity index (χ4n) is 3.42. The topological polar surface area (TPSA) is 62.3 Å². The van der Waals surface area contributed by atoms with Gasteiger partial charge in [-0.3, -0.25) is 4.79 Å². The Bertz CT molecular complexity index is 441. The van der Waals surface area contributed by atoms with Gasteiger partial charge in [-0.15, -0.1) is 0 Å². The second-order valence-electron chi connectivity index (χ2n) is 6.99. The quantitative estimate of drug-likeness (QED) is 0.760. The molecular weight excluding hydrogens is 298 g/mol. The van der Waals surface area contributed by atoms with E-state index in [0.717, 1.165) is 25.9 Å². The van der Waals surface area contributed by atoms with E-state index in [4.69, 9.17) is 9.47 Å². The molecule has 0 bridgehead atoms. The molecule has 0 aromatic rings. The molecule has 7 heteroatoms. The normalized spacial score (nSPS) is 27.3. The van der Waals surface area contributed by atoms with Gasteiger partial charge in [0, 0.05) is 53.3 Å². The Morgan fingerprint density at radius 3 is 2.65 bits per heavy atom. The first-order valence-corrected chi connectivity index (χ1v) is 8.21. The standard InChI is InChI=1S/C16H29N3O4/c1-17(2)14(20)10-22-12-16-7-5-9-23-13(16)6-8-19(11-16)15(21)18(3)4/h13H,5-12H2,1-4H3/t13-,16+/m0/s1. The highest BCUT2D eigenvalue weighted by molar-refractivity contribution is 5.76. The van der Waals surface area contributed by atoms with E-state index in [2.05, 4.69) is 0 Å². The summed E-state index contributed by atoms with van der Waals surface area (Å²) in [6.07, 6.45) is 2.86. The summed E-state index contributed by atoms with van der Waals surface area (Å²) in [6.45, 7) is 2.63. The zero-order valence-electron chi connectivity index (χ0n) is 14.7. The fourth-order valence-corrected chi connectivity index (χ4v) is 3.42. The smallest absolute Gasteiger partial charge is 0.319 e. The van der Waals surface area contributed by atoms with Crippen LogP contribution in [-0.2, 0) is 14.3 Å². The minimum absolute atomic E-state index is 0.0257. The van der Waals surface area contributed by atoms with Crippen LogP contribution in [0.1, 0.15) is 19.3 Å². The lowest BCUT2D eigenvalue weighted by Crippen LogP contribution is -2.59. The van der Waals surface area contributed by atoms with Crippen LogP contribution in [0.25, 0.3) is 0 Å². The highest BCUT2D eigenvalue weighted by Crippen LogP contribution is 2.40. The summed E-state index contributed by atoms with van der Waals surface area (Å²) in [5.41, 5.74) is -0.200. The van der Waals surface area contributed by atoms with Gasteiger partial charge in [0.25, 0.3) is 0 Å². The summed E-state index contributed by atoms with van der Waals surface area (Å²) in [5.74, 6) is -0.0493. The monoisotopic (exact) mass is 327 g/mol. The summed E-state index contributed by atoms with van der Waals surface area (Å²) in [4.78, 5) is 29.0. The van der Waals surface area contributed by atoms with Gasteiger partial charge in [0.2, 0.25) is 5.91 Å². The highest BCUT2D eigenvalue weighted by Gasteiger charge is 2.47. The third kappa shape index (κ3) is 4.14. The molecule has 7 nitrogen and oxygen atoms in total. The average Bonchev–Trinajstić information content (AvgIpc) is 2.53. The lowest BCUT2D eigenvalue weighted by atomic mass is 9.73. The minimum Gasteiger partial charge on any atom is -0.377 e. The molecule has 2 aliphatic heterocycles. The van der Waals surface area contributed by atoms with Gasteiger partial charge >= 0.3 is 6.03 Å². The van der Waals surface area contributed by atoms with E-state index in [0.29, 0.717) is 19.7 Å². The Kier molecular flexibility index (Phi) is 5.86. The van der Waals surface area contributed by atoms with Crippen molar-refractivity contribution in [1.29, 1.82) is 0 Å². The molecule has 0 spiro atoms. The Balaban J connectivity index is 2.02. The molecule has 23 heavy (non-hydrogen) atoms. The van der Waals surface area contributed by atoms with Gasteiger partial charge in [-0.05, 0) is 19.3 Å². The number of amides is 3. The van der Waals surface area contributed by atoms with Crippen molar-refractivity contribution in [3.63, 3.8) is 0 Å². The van der Waals surface area contributed by atoms with Crippen molar-refractivity contribution in [2.75, 3.05) is 61.1 Å². The van der Waals surface area contributed by atoms with Crippen LogP contribution in [-0.4, -0.2) is 93.8 Å². The number of likely N-dealkylation sites (N-methyl/N-ethyl adjacent to an activating group) is 1. The number of fused-ring (bicyclic) bond motifs is 1. The van der Waals surface area contributed by atoms with Crippen LogP contribution in [0.5, 0.6) is 0 Å². The second-order valence-corrected chi connectivity index (χ2v) is 6.99. The lowest BCUT2D eigenvalue weighted by Gasteiger charge is -2.50. The molecule has 132 valence electrons. The molecule has 2 saturated heterocycles. The zero-order chi connectivity index (χ0) is 17.0. The summed E-state index contributed by atoms with van der Waals surface area (Å²) in [7, 11) is 6.97. The van der Waals surface area contributed by atoms with Crippen LogP contribution >= 0.6 is 0 Å². The predicted octanol–water partition coefficient (Wildman–Crippen LogP) is 0.644. The average molecular weight is 327 g/mol. The van der Waals surface area contributed by atoms with Crippen molar-refractivity contribution in [1.82, 2.24) is 14.7 Å². The number of nitrogens with zero attached hydrogens (tertiary/aromatic N) is 3. The van der Waals surface area contributed by atoms with E-state index in [1.54, 1.807) is 33.1 Å². The first-order valence-electron chi connectivity index (χ1n) is 8.21. The van der Waals surface area contributed by atoms with Gasteiger partial charge in [0.15, 0.2) is 0 Å². The lowest BCUT2D eigenvalue weighted by molar-refractivity contribution is -0.155. The van der Waals surface area contributed by atoms with Crippen LogP contribution in [0, 0.1) is 5.41 Å². The number of hydrogen-bond acceptors (Lipinski definition) is 4. The van der Waals surface area contributed by atoms with Crippen LogP contribution < -0.4 is 0 Å². The van der Waals surface area contributed by atoms with E-state index >= 15 is 0 Å². The summed E-state index contributed by atoms with van der Waals surface area (Å²) >= 11 is 0. The third-order valence-corrected chi connectivity index (χ3v) is 4.75. The molecule has 3 amide bonds. The number of likely N-dealkylation sites (tertiary alicyclic amines) is 1. The van der Waals surface area contributed by atoms with Crippen LogP contribution in [0.2, 0.25) is 0 Å². The van der Waals surface area contributed by atoms with E-state index in [1.165, 1.54) is 4.90 Å². The molecule has 0 saturated carbocycles. The van der Waals surface area contributed by atoms with Crippen LogP contribution in [0.4, 0.5) is 4.79 Å². The SMILES string of the molecule is CN(C)C(=O)COC[C@]12CCCO[C@H]1CCN(C(=O)N(C)C)C2. The Morgan fingerprint density at radius 1 is 1.26 bits per heavy atom. The van der Waals surface area contributed by atoms with Gasteiger partial charge in [-0.2, -0.15) is 0 Å². The summed E-state index contributed by atoms with van der Waals surface area (Å²) in [5, 5.41) is 0. The van der Waals surface area contributed by atoms with Crippen molar-refractivity contribution < 1.29 is 19.1 Å². The molecule has 0 radical (unpaired) electrons. The van der Waals surface area contributed by atoms with Gasteiger partial charge in [0.1, 0.15) is 6.61 Å². The molecule has 2 heterocycles. The maximum atomic E-state index is 12.3. The molecule has 2 fully saturated rings. The van der Waals surface area contributed by atoms with Gasteiger partial charge in [-0.25, -0.2) is 4.79 Å². The maximum Gasteiger partial charge on any atom is 0.319 e. The molecule has 0 unspecified atom stereocenters. The Hall–Kier alpha value is -1.34. The molecule has 0 aromatic heterocycles. The molecule has 0 N–H and O–H groups in total. The number of piperidine rings is 1.